The highest BCUT2D eigenvalue weighted by atomic mass is 16.1. The number of nitrogens with one attached hydrogen (secondary N) is 1. The number of Topliss-reactive ketones (excluding diaryl/α,β-unsaturated/α-hetero) is 1. The maximum absolute atomic E-state index is 12.3. The van der Waals surface area contributed by atoms with Crippen molar-refractivity contribution in [3.05, 3.63) is 23.5 Å². The van der Waals surface area contributed by atoms with E-state index in [1.807, 2.05) is 13.0 Å². The summed E-state index contributed by atoms with van der Waals surface area (Å²) in [6, 6.07) is 1.70. The van der Waals surface area contributed by atoms with Crippen molar-refractivity contribution in [2.45, 2.75) is 25.8 Å². The first kappa shape index (κ1) is 11.2. The summed E-state index contributed by atoms with van der Waals surface area (Å²) in [4.78, 5) is 16.5. The largest absolute Gasteiger partial charge is 0.383 e. The van der Waals surface area contributed by atoms with Crippen LogP contribution in [0, 0.1) is 6.92 Å². The quantitative estimate of drug-likeness (QED) is 0.755. The normalized spacial score (nSPS) is 19.5. The number of hydrogen-bond donors (Lipinski definition) is 2. The minimum atomic E-state index is -0.136. The summed E-state index contributed by atoms with van der Waals surface area (Å²) in [7, 11) is 0. The number of carbonyl (C=O) groups excluding carboxylic acids is 1. The Bertz CT molecular complexity index is 612. The maximum atomic E-state index is 12.3. The topological polar surface area (TPSA) is 85.3 Å². The van der Waals surface area contributed by atoms with Crippen molar-refractivity contribution in [1.29, 1.82) is 0 Å². The highest BCUT2D eigenvalue weighted by Gasteiger charge is 2.26. The number of nitrogen functional groups attached to an aromatic ring is 1. The minimum absolute atomic E-state index is 0.00699. The second kappa shape index (κ2) is 4.06. The maximum Gasteiger partial charge on any atom is 0.184 e. The number of rotatable bonds is 2. The molecule has 6 heteroatoms. The van der Waals surface area contributed by atoms with Gasteiger partial charge in [-0.25, -0.2) is 4.98 Å². The number of hydrogen-bond acceptors (Lipinski definition) is 5. The predicted molar refractivity (Wildman–Crippen MR) is 67.5 cm³/mol. The van der Waals surface area contributed by atoms with Crippen molar-refractivity contribution in [3.63, 3.8) is 0 Å². The lowest BCUT2D eigenvalue weighted by Gasteiger charge is -2.11. The Labute approximate surface area is 104 Å². The van der Waals surface area contributed by atoms with Crippen LogP contribution in [0.3, 0.4) is 0 Å². The molecule has 3 rings (SSSR count). The number of nitrogens with zero attached hydrogens (tertiary/aromatic N) is 3. The van der Waals surface area contributed by atoms with Gasteiger partial charge in [-0.1, -0.05) is 0 Å². The Hall–Kier alpha value is -1.95. The van der Waals surface area contributed by atoms with E-state index in [1.165, 1.54) is 4.52 Å². The highest BCUT2D eigenvalue weighted by Crippen LogP contribution is 2.18. The molecule has 0 aliphatic carbocycles. The fourth-order valence-electron chi connectivity index (χ4n) is 2.35. The Morgan fingerprint density at radius 3 is 3.17 bits per heavy atom. The summed E-state index contributed by atoms with van der Waals surface area (Å²) < 4.78 is 1.53. The van der Waals surface area contributed by atoms with Gasteiger partial charge >= 0.3 is 0 Å². The minimum Gasteiger partial charge on any atom is -0.383 e. The van der Waals surface area contributed by atoms with E-state index in [2.05, 4.69) is 15.4 Å². The average molecular weight is 245 g/mol. The van der Waals surface area contributed by atoms with Crippen LogP contribution >= 0.6 is 0 Å². The van der Waals surface area contributed by atoms with E-state index in [-0.39, 0.29) is 11.8 Å². The predicted octanol–water partition coefficient (Wildman–Crippen LogP) is 0.555. The first-order valence-electron chi connectivity index (χ1n) is 6.05. The molecule has 1 fully saturated rings. The molecule has 0 radical (unpaired) electrons. The second-order valence-corrected chi connectivity index (χ2v) is 4.63. The van der Waals surface area contributed by atoms with E-state index >= 15 is 0 Å². The van der Waals surface area contributed by atoms with E-state index in [1.54, 1.807) is 6.20 Å². The zero-order valence-electron chi connectivity index (χ0n) is 10.2. The molecule has 18 heavy (non-hydrogen) atoms. The van der Waals surface area contributed by atoms with Gasteiger partial charge < -0.3 is 11.1 Å². The molecular formula is C12H15N5O. The number of ketones is 1. The highest BCUT2D eigenvalue weighted by molar-refractivity contribution is 6.03. The Balaban J connectivity index is 2.06. The molecule has 1 atom stereocenters. The fraction of sp³-hybridized carbons (Fsp3) is 0.417. The molecule has 0 saturated carbocycles. The molecule has 2 aromatic rings. The summed E-state index contributed by atoms with van der Waals surface area (Å²) in [5.74, 6) is 0.374. The van der Waals surface area contributed by atoms with Gasteiger partial charge in [-0.05, 0) is 26.3 Å². The van der Waals surface area contributed by atoms with Gasteiger partial charge in [0.25, 0.3) is 0 Å². The van der Waals surface area contributed by atoms with Gasteiger partial charge in [0.05, 0.1) is 17.3 Å². The van der Waals surface area contributed by atoms with Gasteiger partial charge in [0.15, 0.2) is 11.4 Å². The standard InChI is InChI=1S/C12H15N5O/c1-7-5-10-15-6-8(12(13)17(10)16-7)11(18)9-3-2-4-14-9/h5-6,9,14H,2-4,13H2,1H3. The molecular weight excluding hydrogens is 230 g/mol. The van der Waals surface area contributed by atoms with Crippen LogP contribution < -0.4 is 11.1 Å². The monoisotopic (exact) mass is 245 g/mol. The van der Waals surface area contributed by atoms with E-state index in [0.29, 0.717) is 17.0 Å². The van der Waals surface area contributed by atoms with Crippen molar-refractivity contribution in [1.82, 2.24) is 19.9 Å². The van der Waals surface area contributed by atoms with Crippen molar-refractivity contribution in [2.24, 2.45) is 0 Å². The lowest BCUT2D eigenvalue weighted by atomic mass is 10.1. The second-order valence-electron chi connectivity index (χ2n) is 4.63. The number of fused-ring (bicyclic) bond motifs is 1. The number of anilines is 1. The SMILES string of the molecule is Cc1cc2ncc(C(=O)C3CCCN3)c(N)n2n1. The van der Waals surface area contributed by atoms with Crippen LogP contribution in [0.5, 0.6) is 0 Å². The Morgan fingerprint density at radius 2 is 2.44 bits per heavy atom. The smallest absolute Gasteiger partial charge is 0.184 e. The van der Waals surface area contributed by atoms with Gasteiger partial charge in [-0.3, -0.25) is 4.79 Å². The van der Waals surface area contributed by atoms with Crippen molar-refractivity contribution in [2.75, 3.05) is 12.3 Å². The summed E-state index contributed by atoms with van der Waals surface area (Å²) >= 11 is 0. The molecule has 6 nitrogen and oxygen atoms in total. The zero-order chi connectivity index (χ0) is 12.7. The van der Waals surface area contributed by atoms with Gasteiger partial charge in [-0.15, -0.1) is 0 Å². The van der Waals surface area contributed by atoms with E-state index in [4.69, 9.17) is 5.73 Å². The molecule has 94 valence electrons. The van der Waals surface area contributed by atoms with Gasteiger partial charge in [0, 0.05) is 12.3 Å². The molecule has 1 saturated heterocycles. The average Bonchev–Trinajstić information content (AvgIpc) is 2.97. The van der Waals surface area contributed by atoms with Gasteiger partial charge in [0.1, 0.15) is 5.82 Å². The molecule has 0 spiro atoms. The van der Waals surface area contributed by atoms with Gasteiger partial charge in [0.2, 0.25) is 0 Å². The van der Waals surface area contributed by atoms with E-state index in [0.717, 1.165) is 25.1 Å². The third-order valence-electron chi connectivity index (χ3n) is 3.29. The zero-order valence-corrected chi connectivity index (χ0v) is 10.2. The van der Waals surface area contributed by atoms with Crippen molar-refractivity contribution < 1.29 is 4.79 Å². The lowest BCUT2D eigenvalue weighted by molar-refractivity contribution is 0.0952. The summed E-state index contributed by atoms with van der Waals surface area (Å²) in [5, 5.41) is 7.41. The van der Waals surface area contributed by atoms with Crippen LogP contribution in [0.4, 0.5) is 5.82 Å². The first-order valence-corrected chi connectivity index (χ1v) is 6.05. The third kappa shape index (κ3) is 1.65. The molecule has 0 amide bonds. The first-order chi connectivity index (χ1) is 8.66. The molecule has 2 aromatic heterocycles. The Kier molecular flexibility index (Phi) is 2.52. The van der Waals surface area contributed by atoms with Crippen molar-refractivity contribution in [3.8, 4) is 0 Å². The Morgan fingerprint density at radius 1 is 1.61 bits per heavy atom. The molecule has 1 unspecified atom stereocenters. The summed E-state index contributed by atoms with van der Waals surface area (Å²) in [5.41, 5.74) is 7.96. The van der Waals surface area contributed by atoms with Crippen LogP contribution in [0.15, 0.2) is 12.3 Å². The fourth-order valence-corrected chi connectivity index (χ4v) is 2.35. The molecule has 1 aliphatic rings. The van der Waals surface area contributed by atoms with Crippen LogP contribution in [0.2, 0.25) is 0 Å². The van der Waals surface area contributed by atoms with Crippen LogP contribution in [0.25, 0.3) is 5.65 Å². The van der Waals surface area contributed by atoms with Crippen LogP contribution in [-0.2, 0) is 0 Å². The molecule has 3 N–H and O–H groups in total. The summed E-state index contributed by atoms with van der Waals surface area (Å²) in [6.07, 6.45) is 3.43. The lowest BCUT2D eigenvalue weighted by Crippen LogP contribution is -2.31. The molecule has 0 bridgehead atoms. The van der Waals surface area contributed by atoms with E-state index < -0.39 is 0 Å². The van der Waals surface area contributed by atoms with Gasteiger partial charge in [-0.2, -0.15) is 9.61 Å². The number of aromatic nitrogens is 3. The number of nitrogens with two attached hydrogens (primary N) is 1. The molecule has 1 aliphatic heterocycles. The van der Waals surface area contributed by atoms with E-state index in [9.17, 15) is 4.79 Å². The van der Waals surface area contributed by atoms with Crippen LogP contribution in [-0.4, -0.2) is 33.0 Å². The van der Waals surface area contributed by atoms with Crippen LogP contribution in [0.1, 0.15) is 28.9 Å². The summed E-state index contributed by atoms with van der Waals surface area (Å²) in [6.45, 7) is 2.75. The van der Waals surface area contributed by atoms with Crippen molar-refractivity contribution >= 4 is 17.2 Å². The number of carbonyl (C=O) groups is 1. The molecule has 0 aromatic carbocycles. The number of aryl methyl sites for hydroxylation is 1. The third-order valence-corrected chi connectivity index (χ3v) is 3.29. The molecule has 3 heterocycles.